The highest BCUT2D eigenvalue weighted by atomic mass is 35.5. The molecule has 7 nitrogen and oxygen atoms in total. The third-order valence-corrected chi connectivity index (χ3v) is 2.84. The molecule has 0 aromatic heterocycles. The zero-order chi connectivity index (χ0) is 15.4. The molecule has 2 aromatic rings. The van der Waals surface area contributed by atoms with Crippen molar-refractivity contribution in [3.63, 3.8) is 0 Å². The molecular weight excluding hydrogens is 298 g/mol. The molecular formula is C13H10ClN3O4. The number of oxime groups is 1. The summed E-state index contributed by atoms with van der Waals surface area (Å²) in [5, 5.41) is 22.9. The Morgan fingerprint density at radius 2 is 2.00 bits per heavy atom. The Morgan fingerprint density at radius 3 is 2.67 bits per heavy atom. The topological polar surface area (TPSA) is 111 Å². The van der Waals surface area contributed by atoms with Crippen molar-refractivity contribution in [1.82, 2.24) is 0 Å². The highest BCUT2D eigenvalue weighted by molar-refractivity contribution is 6.30. The van der Waals surface area contributed by atoms with Crippen LogP contribution in [-0.2, 0) is 0 Å². The molecule has 0 saturated carbocycles. The number of halogens is 1. The molecule has 0 amide bonds. The number of rotatable bonds is 4. The monoisotopic (exact) mass is 307 g/mol. The highest BCUT2D eigenvalue weighted by Crippen LogP contribution is 2.34. The summed E-state index contributed by atoms with van der Waals surface area (Å²) in [4.78, 5) is 10.4. The zero-order valence-electron chi connectivity index (χ0n) is 10.6. The maximum atomic E-state index is 11.0. The molecule has 0 spiro atoms. The summed E-state index contributed by atoms with van der Waals surface area (Å²) < 4.78 is 5.51. The van der Waals surface area contributed by atoms with E-state index >= 15 is 0 Å². The lowest BCUT2D eigenvalue weighted by molar-refractivity contribution is -0.385. The Kier molecular flexibility index (Phi) is 4.24. The minimum absolute atomic E-state index is 0.00240. The van der Waals surface area contributed by atoms with Gasteiger partial charge in [-0.05, 0) is 24.3 Å². The minimum atomic E-state index is -0.604. The fourth-order valence-corrected chi connectivity index (χ4v) is 1.83. The molecule has 8 heteroatoms. The molecule has 2 rings (SSSR count). The van der Waals surface area contributed by atoms with Gasteiger partial charge in [-0.25, -0.2) is 0 Å². The standard InChI is InChI=1S/C13H10ClN3O4/c14-8-5-6-12(10(7-8)17(19)20)21-11-4-2-1-3-9(11)13(15)16-18/h1-7,18H,(H2,15,16). The number of nitro benzene ring substituents is 1. The first-order valence-corrected chi connectivity index (χ1v) is 6.09. The predicted molar refractivity (Wildman–Crippen MR) is 77.1 cm³/mol. The van der Waals surface area contributed by atoms with E-state index in [0.29, 0.717) is 5.56 Å². The van der Waals surface area contributed by atoms with E-state index in [0.717, 1.165) is 0 Å². The summed E-state index contributed by atoms with van der Waals surface area (Å²) in [5.41, 5.74) is 5.56. The molecule has 3 N–H and O–H groups in total. The van der Waals surface area contributed by atoms with Crippen LogP contribution >= 0.6 is 11.6 Å². The number of nitrogens with zero attached hydrogens (tertiary/aromatic N) is 2. The molecule has 0 unspecified atom stereocenters. The summed E-state index contributed by atoms with van der Waals surface area (Å²) in [6.45, 7) is 0. The van der Waals surface area contributed by atoms with Crippen molar-refractivity contribution >= 4 is 23.1 Å². The van der Waals surface area contributed by atoms with Crippen molar-refractivity contribution in [2.24, 2.45) is 10.9 Å². The summed E-state index contributed by atoms with van der Waals surface area (Å²) in [6.07, 6.45) is 0. The van der Waals surface area contributed by atoms with E-state index in [1.807, 2.05) is 0 Å². The average molecular weight is 308 g/mol. The van der Waals surface area contributed by atoms with Crippen LogP contribution in [0.3, 0.4) is 0 Å². The number of hydrogen-bond acceptors (Lipinski definition) is 5. The van der Waals surface area contributed by atoms with Crippen LogP contribution in [0.1, 0.15) is 5.56 Å². The normalized spacial score (nSPS) is 11.2. The molecule has 0 heterocycles. The smallest absolute Gasteiger partial charge is 0.313 e. The lowest BCUT2D eigenvalue weighted by Gasteiger charge is -2.10. The quantitative estimate of drug-likeness (QED) is 0.296. The van der Waals surface area contributed by atoms with Gasteiger partial charge in [0, 0.05) is 11.1 Å². The number of benzene rings is 2. The molecule has 0 aliphatic carbocycles. The molecule has 0 radical (unpaired) electrons. The van der Waals surface area contributed by atoms with E-state index in [-0.39, 0.29) is 28.0 Å². The molecule has 0 bridgehead atoms. The van der Waals surface area contributed by atoms with E-state index in [1.54, 1.807) is 24.3 Å². The second kappa shape index (κ2) is 6.10. The first-order chi connectivity index (χ1) is 10.0. The molecule has 108 valence electrons. The van der Waals surface area contributed by atoms with Crippen molar-refractivity contribution in [3.8, 4) is 11.5 Å². The van der Waals surface area contributed by atoms with Crippen molar-refractivity contribution in [1.29, 1.82) is 0 Å². The van der Waals surface area contributed by atoms with Gasteiger partial charge in [-0.3, -0.25) is 10.1 Å². The van der Waals surface area contributed by atoms with Gasteiger partial charge in [-0.2, -0.15) is 0 Å². The van der Waals surface area contributed by atoms with Gasteiger partial charge < -0.3 is 15.7 Å². The van der Waals surface area contributed by atoms with Gasteiger partial charge in [0.05, 0.1) is 10.5 Å². The van der Waals surface area contributed by atoms with Crippen LogP contribution in [0.4, 0.5) is 5.69 Å². The maximum absolute atomic E-state index is 11.0. The van der Waals surface area contributed by atoms with Gasteiger partial charge in [0.1, 0.15) is 5.75 Å². The first-order valence-electron chi connectivity index (χ1n) is 5.71. The van der Waals surface area contributed by atoms with E-state index in [9.17, 15) is 10.1 Å². The van der Waals surface area contributed by atoms with E-state index < -0.39 is 4.92 Å². The largest absolute Gasteiger partial charge is 0.449 e. The van der Waals surface area contributed by atoms with Crippen molar-refractivity contribution < 1.29 is 14.9 Å². The number of para-hydroxylation sites is 1. The van der Waals surface area contributed by atoms with Crippen molar-refractivity contribution in [3.05, 3.63) is 63.2 Å². The van der Waals surface area contributed by atoms with E-state index in [4.69, 9.17) is 27.3 Å². The number of amidine groups is 1. The van der Waals surface area contributed by atoms with Crippen LogP contribution in [0.15, 0.2) is 47.6 Å². The zero-order valence-corrected chi connectivity index (χ0v) is 11.3. The fourth-order valence-electron chi connectivity index (χ4n) is 1.66. The van der Waals surface area contributed by atoms with Crippen molar-refractivity contribution in [2.45, 2.75) is 0 Å². The maximum Gasteiger partial charge on any atom is 0.313 e. The van der Waals surface area contributed by atoms with Gasteiger partial charge in [0.25, 0.3) is 0 Å². The summed E-state index contributed by atoms with van der Waals surface area (Å²) in [7, 11) is 0. The predicted octanol–water partition coefficient (Wildman–Crippen LogP) is 3.14. The van der Waals surface area contributed by atoms with Crippen LogP contribution in [0.25, 0.3) is 0 Å². The first kappa shape index (κ1) is 14.6. The Morgan fingerprint density at radius 1 is 1.29 bits per heavy atom. The molecule has 0 atom stereocenters. The van der Waals surface area contributed by atoms with Gasteiger partial charge in [-0.1, -0.05) is 28.9 Å². The average Bonchev–Trinajstić information content (AvgIpc) is 2.48. The van der Waals surface area contributed by atoms with Gasteiger partial charge in [0.15, 0.2) is 5.84 Å². The SMILES string of the molecule is N/C(=N\O)c1ccccc1Oc1ccc(Cl)cc1[N+](=O)[O-]. The van der Waals surface area contributed by atoms with E-state index in [2.05, 4.69) is 5.16 Å². The van der Waals surface area contributed by atoms with Crippen LogP contribution < -0.4 is 10.5 Å². The van der Waals surface area contributed by atoms with E-state index in [1.165, 1.54) is 18.2 Å². The number of nitrogens with two attached hydrogens (primary N) is 1. The molecule has 0 aliphatic heterocycles. The molecule has 0 fully saturated rings. The van der Waals surface area contributed by atoms with Crippen LogP contribution in [0.5, 0.6) is 11.5 Å². The fraction of sp³-hybridized carbons (Fsp3) is 0. The summed E-state index contributed by atoms with van der Waals surface area (Å²) >= 11 is 5.74. The molecule has 21 heavy (non-hydrogen) atoms. The number of ether oxygens (including phenoxy) is 1. The Hall–Kier alpha value is -2.80. The Bertz CT molecular complexity index is 718. The number of hydrogen-bond donors (Lipinski definition) is 2. The third kappa shape index (κ3) is 3.21. The highest BCUT2D eigenvalue weighted by Gasteiger charge is 2.18. The lowest BCUT2D eigenvalue weighted by Crippen LogP contribution is -2.14. The summed E-state index contributed by atoms with van der Waals surface area (Å²) in [5.74, 6) is 0.0584. The van der Waals surface area contributed by atoms with Gasteiger partial charge >= 0.3 is 5.69 Å². The van der Waals surface area contributed by atoms with Crippen molar-refractivity contribution in [2.75, 3.05) is 0 Å². The van der Waals surface area contributed by atoms with Gasteiger partial charge in [0.2, 0.25) is 5.75 Å². The molecule has 0 aliphatic rings. The lowest BCUT2D eigenvalue weighted by atomic mass is 10.2. The van der Waals surface area contributed by atoms with Crippen LogP contribution in [0, 0.1) is 10.1 Å². The van der Waals surface area contributed by atoms with Crippen LogP contribution in [-0.4, -0.2) is 16.0 Å². The minimum Gasteiger partial charge on any atom is -0.449 e. The van der Waals surface area contributed by atoms with Crippen LogP contribution in [0.2, 0.25) is 5.02 Å². The Balaban J connectivity index is 2.46. The second-order valence-electron chi connectivity index (χ2n) is 3.95. The molecule has 0 saturated heterocycles. The second-order valence-corrected chi connectivity index (χ2v) is 4.39. The summed E-state index contributed by atoms with van der Waals surface area (Å²) in [6, 6.07) is 10.5. The third-order valence-electron chi connectivity index (χ3n) is 2.61. The Labute approximate surface area is 124 Å². The number of nitro groups is 1. The van der Waals surface area contributed by atoms with Gasteiger partial charge in [-0.15, -0.1) is 0 Å². The molecule has 2 aromatic carbocycles.